The third kappa shape index (κ3) is 2.60. The lowest BCUT2D eigenvalue weighted by molar-refractivity contribution is 0.102. The molecule has 0 spiro atoms. The molecule has 1 aromatic carbocycles. The smallest absolute Gasteiger partial charge is 0.277 e. The van der Waals surface area contributed by atoms with E-state index in [1.807, 2.05) is 35.8 Å². The summed E-state index contributed by atoms with van der Waals surface area (Å²) < 4.78 is 1.82. The number of aryl methyl sites for hydroxylation is 1. The number of carbonyl (C=O) groups excluding carboxylic acids is 1. The number of benzene rings is 1. The van der Waals surface area contributed by atoms with Gasteiger partial charge in [0.25, 0.3) is 5.91 Å². The number of nitrogens with one attached hydrogen (secondary N) is 1. The second kappa shape index (κ2) is 5.26. The summed E-state index contributed by atoms with van der Waals surface area (Å²) in [6.45, 7) is 2.03. The first kappa shape index (κ1) is 12.6. The minimum absolute atomic E-state index is 0.259. The summed E-state index contributed by atoms with van der Waals surface area (Å²) >= 11 is 1.37. The number of anilines is 1. The summed E-state index contributed by atoms with van der Waals surface area (Å²) in [4.78, 5) is 20.1. The minimum Gasteiger partial charge on any atom is -0.305 e. The number of thiazole rings is 1. The normalized spacial score (nSPS) is 10.4. The lowest BCUT2D eigenvalue weighted by Gasteiger charge is -2.01. The maximum Gasteiger partial charge on any atom is 0.277 e. The van der Waals surface area contributed by atoms with E-state index in [0.717, 1.165) is 5.69 Å². The summed E-state index contributed by atoms with van der Waals surface area (Å²) in [6.07, 6.45) is 4.97. The van der Waals surface area contributed by atoms with Crippen molar-refractivity contribution < 1.29 is 4.79 Å². The monoisotopic (exact) mass is 284 g/mol. The summed E-state index contributed by atoms with van der Waals surface area (Å²) in [6, 6.07) is 8.01. The zero-order chi connectivity index (χ0) is 13.9. The summed E-state index contributed by atoms with van der Waals surface area (Å²) in [7, 11) is 0. The predicted octanol–water partition coefficient (Wildman–Crippen LogP) is 2.89. The zero-order valence-electron chi connectivity index (χ0n) is 10.8. The molecule has 0 aliphatic rings. The Morgan fingerprint density at radius 1 is 1.25 bits per heavy atom. The van der Waals surface area contributed by atoms with E-state index in [1.54, 1.807) is 24.1 Å². The average molecular weight is 284 g/mol. The number of carbonyl (C=O) groups is 1. The molecular weight excluding hydrogens is 272 g/mol. The van der Waals surface area contributed by atoms with Crippen LogP contribution in [0.3, 0.4) is 0 Å². The van der Waals surface area contributed by atoms with E-state index in [0.29, 0.717) is 10.8 Å². The van der Waals surface area contributed by atoms with Crippen LogP contribution in [0.4, 0.5) is 5.13 Å². The molecule has 2 heterocycles. The van der Waals surface area contributed by atoms with Crippen molar-refractivity contribution in [3.8, 4) is 5.69 Å². The first-order chi connectivity index (χ1) is 9.72. The number of nitrogens with zero attached hydrogens (tertiary/aromatic N) is 3. The van der Waals surface area contributed by atoms with Crippen molar-refractivity contribution in [2.24, 2.45) is 0 Å². The van der Waals surface area contributed by atoms with E-state index in [4.69, 9.17) is 0 Å². The van der Waals surface area contributed by atoms with Gasteiger partial charge in [0.15, 0.2) is 5.13 Å². The highest BCUT2D eigenvalue weighted by Gasteiger charge is 2.11. The highest BCUT2D eigenvalue weighted by atomic mass is 32.1. The lowest BCUT2D eigenvalue weighted by Crippen LogP contribution is -2.11. The molecule has 0 unspecified atom stereocenters. The molecule has 6 heteroatoms. The first-order valence-corrected chi connectivity index (χ1v) is 6.92. The van der Waals surface area contributed by atoms with Gasteiger partial charge in [-0.3, -0.25) is 10.1 Å². The van der Waals surface area contributed by atoms with Gasteiger partial charge in [0.2, 0.25) is 0 Å². The van der Waals surface area contributed by atoms with E-state index in [-0.39, 0.29) is 5.91 Å². The molecule has 3 aromatic rings. The van der Waals surface area contributed by atoms with Crippen molar-refractivity contribution in [2.45, 2.75) is 6.92 Å². The Morgan fingerprint density at radius 2 is 2.05 bits per heavy atom. The summed E-state index contributed by atoms with van der Waals surface area (Å²) in [5.74, 6) is -0.259. The molecule has 0 radical (unpaired) electrons. The minimum atomic E-state index is -0.259. The molecule has 5 nitrogen and oxygen atoms in total. The van der Waals surface area contributed by atoms with Gasteiger partial charge in [-0.2, -0.15) is 0 Å². The van der Waals surface area contributed by atoms with Crippen LogP contribution in [0.15, 0.2) is 48.4 Å². The van der Waals surface area contributed by atoms with Crippen LogP contribution in [0, 0.1) is 6.92 Å². The van der Waals surface area contributed by atoms with Crippen molar-refractivity contribution >= 4 is 22.4 Å². The van der Waals surface area contributed by atoms with Crippen LogP contribution < -0.4 is 5.32 Å². The fourth-order valence-electron chi connectivity index (χ4n) is 1.74. The van der Waals surface area contributed by atoms with Gasteiger partial charge >= 0.3 is 0 Å². The topological polar surface area (TPSA) is 59.8 Å². The average Bonchev–Trinajstić information content (AvgIpc) is 3.10. The van der Waals surface area contributed by atoms with Crippen molar-refractivity contribution in [3.05, 3.63) is 59.6 Å². The van der Waals surface area contributed by atoms with Gasteiger partial charge in [-0.25, -0.2) is 9.97 Å². The highest BCUT2D eigenvalue weighted by molar-refractivity contribution is 7.13. The number of rotatable bonds is 3. The molecule has 0 aliphatic carbocycles. The first-order valence-electron chi connectivity index (χ1n) is 6.04. The molecule has 0 atom stereocenters. The van der Waals surface area contributed by atoms with Crippen molar-refractivity contribution in [1.29, 1.82) is 0 Å². The Morgan fingerprint density at radius 3 is 2.75 bits per heavy atom. The molecule has 20 heavy (non-hydrogen) atoms. The second-order valence-corrected chi connectivity index (χ2v) is 5.19. The van der Waals surface area contributed by atoms with E-state index < -0.39 is 0 Å². The molecule has 0 bridgehead atoms. The number of amides is 1. The van der Waals surface area contributed by atoms with Crippen molar-refractivity contribution in [1.82, 2.24) is 14.5 Å². The van der Waals surface area contributed by atoms with Gasteiger partial charge in [-0.15, -0.1) is 11.3 Å². The second-order valence-electron chi connectivity index (χ2n) is 4.29. The van der Waals surface area contributed by atoms with Crippen molar-refractivity contribution in [2.75, 3.05) is 5.32 Å². The molecule has 1 N–H and O–H groups in total. The van der Waals surface area contributed by atoms with E-state index in [9.17, 15) is 4.79 Å². The van der Waals surface area contributed by atoms with Gasteiger partial charge in [0.1, 0.15) is 12.0 Å². The van der Waals surface area contributed by atoms with Gasteiger partial charge in [0, 0.05) is 23.5 Å². The van der Waals surface area contributed by atoms with E-state index in [2.05, 4.69) is 15.3 Å². The zero-order valence-corrected chi connectivity index (χ0v) is 11.6. The van der Waals surface area contributed by atoms with Crippen LogP contribution in [0.5, 0.6) is 0 Å². The number of hydrogen-bond acceptors (Lipinski definition) is 4. The van der Waals surface area contributed by atoms with Gasteiger partial charge in [0.05, 0.1) is 0 Å². The molecule has 1 amide bonds. The van der Waals surface area contributed by atoms with Gasteiger partial charge in [-0.05, 0) is 19.1 Å². The molecule has 0 fully saturated rings. The SMILES string of the molecule is Cc1ccc(-n2cnc(C(=O)Nc3nccs3)c2)cc1. The van der Waals surface area contributed by atoms with E-state index in [1.165, 1.54) is 16.9 Å². The predicted molar refractivity (Wildman–Crippen MR) is 78.4 cm³/mol. The van der Waals surface area contributed by atoms with Gasteiger partial charge < -0.3 is 4.57 Å². The Kier molecular flexibility index (Phi) is 3.30. The number of imidazole rings is 1. The third-order valence-electron chi connectivity index (χ3n) is 2.80. The largest absolute Gasteiger partial charge is 0.305 e. The van der Waals surface area contributed by atoms with E-state index >= 15 is 0 Å². The van der Waals surface area contributed by atoms with Crippen LogP contribution in [0.2, 0.25) is 0 Å². The van der Waals surface area contributed by atoms with Gasteiger partial charge in [-0.1, -0.05) is 17.7 Å². The van der Waals surface area contributed by atoms with Crippen LogP contribution in [0.25, 0.3) is 5.69 Å². The molecule has 2 aromatic heterocycles. The molecule has 100 valence electrons. The molecule has 0 saturated carbocycles. The quantitative estimate of drug-likeness (QED) is 0.804. The maximum absolute atomic E-state index is 12.0. The standard InChI is InChI=1S/C14H12N4OS/c1-10-2-4-11(5-3-10)18-8-12(16-9-18)13(19)17-14-15-6-7-20-14/h2-9H,1H3,(H,15,17,19). The van der Waals surface area contributed by atoms with Crippen LogP contribution in [0.1, 0.15) is 16.1 Å². The highest BCUT2D eigenvalue weighted by Crippen LogP contribution is 2.13. The fourth-order valence-corrected chi connectivity index (χ4v) is 2.27. The Balaban J connectivity index is 1.79. The maximum atomic E-state index is 12.0. The van der Waals surface area contributed by atoms with Crippen molar-refractivity contribution in [3.63, 3.8) is 0 Å². The summed E-state index contributed by atoms with van der Waals surface area (Å²) in [5, 5.41) is 5.08. The Hall–Kier alpha value is -2.47. The van der Waals surface area contributed by atoms with Crippen LogP contribution >= 0.6 is 11.3 Å². The Labute approximate surface area is 119 Å². The molecular formula is C14H12N4OS. The van der Waals surface area contributed by atoms with Crippen LogP contribution in [-0.4, -0.2) is 20.4 Å². The Bertz CT molecular complexity index is 716. The molecule has 3 rings (SSSR count). The molecule has 0 saturated heterocycles. The molecule has 0 aliphatic heterocycles. The van der Waals surface area contributed by atoms with Crippen LogP contribution in [-0.2, 0) is 0 Å². The fraction of sp³-hybridized carbons (Fsp3) is 0.0714. The number of aromatic nitrogens is 3. The lowest BCUT2D eigenvalue weighted by atomic mass is 10.2. The third-order valence-corrected chi connectivity index (χ3v) is 3.49. The number of hydrogen-bond donors (Lipinski definition) is 1. The summed E-state index contributed by atoms with van der Waals surface area (Å²) in [5.41, 5.74) is 2.52.